The fourth-order valence-corrected chi connectivity index (χ4v) is 1.99. The van der Waals surface area contributed by atoms with E-state index in [-0.39, 0.29) is 0 Å². The summed E-state index contributed by atoms with van der Waals surface area (Å²) in [5.74, 6) is 1.32. The van der Waals surface area contributed by atoms with Crippen LogP contribution in [0.1, 0.15) is 31.9 Å². The average Bonchev–Trinajstić information content (AvgIpc) is 2.94. The van der Waals surface area contributed by atoms with Gasteiger partial charge < -0.3 is 15.0 Å². The molecule has 1 aromatic heterocycles. The molecule has 4 nitrogen and oxygen atoms in total. The van der Waals surface area contributed by atoms with E-state index in [2.05, 4.69) is 29.5 Å². The third-order valence-corrected chi connectivity index (χ3v) is 3.27. The van der Waals surface area contributed by atoms with Crippen LogP contribution in [0.2, 0.25) is 0 Å². The normalized spacial score (nSPS) is 12.4. The van der Waals surface area contributed by atoms with Crippen molar-refractivity contribution in [3.05, 3.63) is 42.5 Å². The zero-order valence-electron chi connectivity index (χ0n) is 11.5. The average molecular weight is 259 g/mol. The zero-order valence-corrected chi connectivity index (χ0v) is 11.5. The van der Waals surface area contributed by atoms with Crippen LogP contribution in [0, 0.1) is 0 Å². The van der Waals surface area contributed by atoms with Crippen molar-refractivity contribution in [2.75, 3.05) is 13.2 Å². The van der Waals surface area contributed by atoms with E-state index in [1.807, 2.05) is 30.7 Å². The highest BCUT2D eigenvalue weighted by atomic mass is 16.5. The molecule has 0 bridgehead atoms. The van der Waals surface area contributed by atoms with Gasteiger partial charge in [0.2, 0.25) is 0 Å². The van der Waals surface area contributed by atoms with Crippen LogP contribution < -0.4 is 10.5 Å². The molecule has 0 spiro atoms. The molecule has 1 unspecified atom stereocenters. The Kier molecular flexibility index (Phi) is 4.58. The van der Waals surface area contributed by atoms with Gasteiger partial charge >= 0.3 is 0 Å². The third-order valence-electron chi connectivity index (χ3n) is 3.27. The van der Waals surface area contributed by atoms with Crippen LogP contribution in [0.15, 0.2) is 36.8 Å². The number of benzene rings is 1. The van der Waals surface area contributed by atoms with Crippen molar-refractivity contribution < 1.29 is 4.74 Å². The SMILES string of the molecule is CCC(C)c1cncn1-c1cccc(OCCN)c1. The van der Waals surface area contributed by atoms with Crippen LogP contribution in [-0.4, -0.2) is 22.7 Å². The molecule has 4 heteroatoms. The minimum absolute atomic E-state index is 0.483. The van der Waals surface area contributed by atoms with E-state index in [1.165, 1.54) is 5.69 Å². The first-order valence-corrected chi connectivity index (χ1v) is 6.71. The molecule has 0 aliphatic rings. The lowest BCUT2D eigenvalue weighted by molar-refractivity contribution is 0.328. The van der Waals surface area contributed by atoms with Gasteiger partial charge in [0.25, 0.3) is 0 Å². The standard InChI is InChI=1S/C15H21N3O/c1-3-12(2)15-10-17-11-18(15)13-5-4-6-14(9-13)19-8-7-16/h4-6,9-12H,3,7-8,16H2,1-2H3. The second-order valence-corrected chi connectivity index (χ2v) is 4.63. The highest BCUT2D eigenvalue weighted by molar-refractivity contribution is 5.40. The van der Waals surface area contributed by atoms with Gasteiger partial charge in [-0.1, -0.05) is 19.9 Å². The topological polar surface area (TPSA) is 53.1 Å². The Hall–Kier alpha value is -1.81. The largest absolute Gasteiger partial charge is 0.492 e. The predicted octanol–water partition coefficient (Wildman–Crippen LogP) is 2.72. The summed E-state index contributed by atoms with van der Waals surface area (Å²) in [7, 11) is 0. The fraction of sp³-hybridized carbons (Fsp3) is 0.400. The van der Waals surface area contributed by atoms with E-state index in [4.69, 9.17) is 10.5 Å². The molecule has 0 aliphatic carbocycles. The first kappa shape index (κ1) is 13.6. The highest BCUT2D eigenvalue weighted by Crippen LogP contribution is 2.23. The first-order valence-electron chi connectivity index (χ1n) is 6.71. The van der Waals surface area contributed by atoms with Crippen molar-refractivity contribution in [3.63, 3.8) is 0 Å². The lowest BCUT2D eigenvalue weighted by Crippen LogP contribution is -2.10. The molecule has 0 amide bonds. The maximum atomic E-state index is 5.56. The molecule has 19 heavy (non-hydrogen) atoms. The molecule has 2 N–H and O–H groups in total. The molecular formula is C15H21N3O. The number of hydrogen-bond acceptors (Lipinski definition) is 3. The monoisotopic (exact) mass is 259 g/mol. The number of rotatable bonds is 6. The van der Waals surface area contributed by atoms with Crippen molar-refractivity contribution in [1.29, 1.82) is 0 Å². The van der Waals surface area contributed by atoms with Gasteiger partial charge in [0.15, 0.2) is 0 Å². The Balaban J connectivity index is 2.29. The zero-order chi connectivity index (χ0) is 13.7. The van der Waals surface area contributed by atoms with Crippen molar-refractivity contribution in [2.24, 2.45) is 5.73 Å². The minimum atomic E-state index is 0.483. The van der Waals surface area contributed by atoms with Crippen molar-refractivity contribution >= 4 is 0 Å². The molecular weight excluding hydrogens is 238 g/mol. The van der Waals surface area contributed by atoms with Crippen LogP contribution in [0.3, 0.4) is 0 Å². The van der Waals surface area contributed by atoms with Crippen LogP contribution in [0.25, 0.3) is 5.69 Å². The second-order valence-electron chi connectivity index (χ2n) is 4.63. The van der Waals surface area contributed by atoms with E-state index >= 15 is 0 Å². The molecule has 2 aromatic rings. The summed E-state index contributed by atoms with van der Waals surface area (Å²) in [6.07, 6.45) is 4.88. The molecule has 1 aromatic carbocycles. The van der Waals surface area contributed by atoms with Gasteiger partial charge in [-0.2, -0.15) is 0 Å². The molecule has 2 rings (SSSR count). The van der Waals surface area contributed by atoms with E-state index in [0.29, 0.717) is 19.1 Å². The quantitative estimate of drug-likeness (QED) is 0.867. The van der Waals surface area contributed by atoms with E-state index in [1.54, 1.807) is 0 Å². The minimum Gasteiger partial charge on any atom is -0.492 e. The fourth-order valence-electron chi connectivity index (χ4n) is 1.99. The van der Waals surface area contributed by atoms with Gasteiger partial charge in [-0.15, -0.1) is 0 Å². The summed E-state index contributed by atoms with van der Waals surface area (Å²) >= 11 is 0. The van der Waals surface area contributed by atoms with Crippen molar-refractivity contribution in [1.82, 2.24) is 9.55 Å². The second kappa shape index (κ2) is 6.38. The van der Waals surface area contributed by atoms with Crippen LogP contribution in [0.5, 0.6) is 5.75 Å². The maximum absolute atomic E-state index is 5.56. The summed E-state index contributed by atoms with van der Waals surface area (Å²) in [5.41, 5.74) is 7.74. The van der Waals surface area contributed by atoms with Gasteiger partial charge in [-0.25, -0.2) is 4.98 Å². The Bertz CT molecular complexity index is 522. The summed E-state index contributed by atoms with van der Waals surface area (Å²) in [6.45, 7) is 5.45. The van der Waals surface area contributed by atoms with Crippen molar-refractivity contribution in [2.45, 2.75) is 26.2 Å². The molecule has 0 fully saturated rings. The summed E-state index contributed by atoms with van der Waals surface area (Å²) in [5, 5.41) is 0. The Morgan fingerprint density at radius 2 is 2.26 bits per heavy atom. The van der Waals surface area contributed by atoms with E-state index in [9.17, 15) is 0 Å². The third kappa shape index (κ3) is 3.15. The van der Waals surface area contributed by atoms with Crippen LogP contribution in [0.4, 0.5) is 0 Å². The lowest BCUT2D eigenvalue weighted by atomic mass is 10.1. The number of nitrogens with two attached hydrogens (primary N) is 1. The van der Waals surface area contributed by atoms with Crippen LogP contribution >= 0.6 is 0 Å². The molecule has 0 aliphatic heterocycles. The summed E-state index contributed by atoms with van der Waals surface area (Å²) in [4.78, 5) is 4.26. The highest BCUT2D eigenvalue weighted by Gasteiger charge is 2.10. The summed E-state index contributed by atoms with van der Waals surface area (Å²) in [6, 6.07) is 8.01. The lowest BCUT2D eigenvalue weighted by Gasteiger charge is -2.14. The number of nitrogens with zero attached hydrogens (tertiary/aromatic N) is 2. The number of ether oxygens (including phenoxy) is 1. The van der Waals surface area contributed by atoms with E-state index < -0.39 is 0 Å². The number of hydrogen-bond donors (Lipinski definition) is 1. The molecule has 1 atom stereocenters. The van der Waals surface area contributed by atoms with Gasteiger partial charge in [0, 0.05) is 24.5 Å². The number of aromatic nitrogens is 2. The van der Waals surface area contributed by atoms with Gasteiger partial charge in [-0.05, 0) is 24.5 Å². The molecule has 102 valence electrons. The Labute approximate surface area is 114 Å². The van der Waals surface area contributed by atoms with Crippen molar-refractivity contribution in [3.8, 4) is 11.4 Å². The predicted molar refractivity (Wildman–Crippen MR) is 76.8 cm³/mol. The van der Waals surface area contributed by atoms with E-state index in [0.717, 1.165) is 17.9 Å². The Morgan fingerprint density at radius 3 is 3.00 bits per heavy atom. The molecule has 0 radical (unpaired) electrons. The molecule has 0 saturated carbocycles. The number of imidazole rings is 1. The van der Waals surface area contributed by atoms with Gasteiger partial charge in [0.05, 0.1) is 12.0 Å². The first-order chi connectivity index (χ1) is 9.26. The molecule has 1 heterocycles. The van der Waals surface area contributed by atoms with Gasteiger partial charge in [0.1, 0.15) is 12.4 Å². The Morgan fingerprint density at radius 1 is 1.42 bits per heavy atom. The smallest absolute Gasteiger partial charge is 0.121 e. The van der Waals surface area contributed by atoms with Crippen LogP contribution in [-0.2, 0) is 0 Å². The van der Waals surface area contributed by atoms with Gasteiger partial charge in [-0.3, -0.25) is 0 Å². The summed E-state index contributed by atoms with van der Waals surface area (Å²) < 4.78 is 7.68. The maximum Gasteiger partial charge on any atom is 0.121 e. The molecule has 0 saturated heterocycles.